The van der Waals surface area contributed by atoms with Crippen LogP contribution in [-0.4, -0.2) is 11.8 Å². The Balaban J connectivity index is 2.31. The molecule has 0 saturated heterocycles. The Morgan fingerprint density at radius 2 is 2.00 bits per heavy atom. The van der Waals surface area contributed by atoms with E-state index in [4.69, 9.17) is 16.4 Å². The van der Waals surface area contributed by atoms with Crippen molar-refractivity contribution in [2.75, 3.05) is 0 Å². The third-order valence-corrected chi connectivity index (χ3v) is 3.78. The van der Waals surface area contributed by atoms with Crippen molar-refractivity contribution in [3.63, 3.8) is 0 Å². The molecule has 2 rings (SSSR count). The molecule has 1 saturated carbocycles. The summed E-state index contributed by atoms with van der Waals surface area (Å²) in [7, 11) is 0. The fourth-order valence-corrected chi connectivity index (χ4v) is 2.61. The van der Waals surface area contributed by atoms with Crippen LogP contribution in [0.5, 0.6) is 0 Å². The molecule has 0 atom stereocenters. The van der Waals surface area contributed by atoms with Crippen LogP contribution in [0.25, 0.3) is 0 Å². The minimum absolute atomic E-state index is 0.00417. The molecule has 1 aliphatic carbocycles. The van der Waals surface area contributed by atoms with Crippen molar-refractivity contribution in [1.82, 2.24) is 0 Å². The van der Waals surface area contributed by atoms with E-state index in [9.17, 15) is 13.2 Å². The summed E-state index contributed by atoms with van der Waals surface area (Å²) in [6, 6.07) is 3.52. The average molecular weight is 320 g/mol. The Kier molecular flexibility index (Phi) is 5.14. The zero-order valence-electron chi connectivity index (χ0n) is 11.7. The van der Waals surface area contributed by atoms with Crippen molar-refractivity contribution in [2.45, 2.75) is 51.3 Å². The van der Waals surface area contributed by atoms with E-state index in [-0.39, 0.29) is 22.4 Å². The molecule has 0 heterocycles. The lowest BCUT2D eigenvalue weighted by Crippen LogP contribution is -2.14. The molecular weight excluding hydrogens is 303 g/mol. The molecule has 0 aliphatic heterocycles. The van der Waals surface area contributed by atoms with Crippen LogP contribution < -0.4 is 0 Å². The SMILES string of the molecule is CC/C(=N\OC1CCCC1)c1cc(Cl)ccc1C(F)(F)F. The van der Waals surface area contributed by atoms with Gasteiger partial charge in [0.25, 0.3) is 0 Å². The number of hydrogen-bond donors (Lipinski definition) is 0. The Hall–Kier alpha value is -1.23. The van der Waals surface area contributed by atoms with Gasteiger partial charge < -0.3 is 4.84 Å². The van der Waals surface area contributed by atoms with Crippen LogP contribution in [0.15, 0.2) is 23.4 Å². The van der Waals surface area contributed by atoms with E-state index in [0.717, 1.165) is 31.7 Å². The number of alkyl halides is 3. The number of halogens is 4. The first kappa shape index (κ1) is 16.1. The summed E-state index contributed by atoms with van der Waals surface area (Å²) in [6.45, 7) is 1.75. The van der Waals surface area contributed by atoms with E-state index >= 15 is 0 Å². The third kappa shape index (κ3) is 4.13. The molecule has 1 aromatic carbocycles. The van der Waals surface area contributed by atoms with Crippen LogP contribution in [0.2, 0.25) is 5.02 Å². The molecule has 0 spiro atoms. The fraction of sp³-hybridized carbons (Fsp3) is 0.533. The zero-order valence-corrected chi connectivity index (χ0v) is 12.5. The molecule has 116 valence electrons. The summed E-state index contributed by atoms with van der Waals surface area (Å²) >= 11 is 5.83. The number of rotatable bonds is 4. The van der Waals surface area contributed by atoms with Gasteiger partial charge in [-0.3, -0.25) is 0 Å². The topological polar surface area (TPSA) is 21.6 Å². The highest BCUT2D eigenvalue weighted by atomic mass is 35.5. The van der Waals surface area contributed by atoms with Gasteiger partial charge in [0.2, 0.25) is 0 Å². The van der Waals surface area contributed by atoms with E-state index in [0.29, 0.717) is 6.42 Å². The monoisotopic (exact) mass is 319 g/mol. The summed E-state index contributed by atoms with van der Waals surface area (Å²) in [5.74, 6) is 0. The molecule has 1 fully saturated rings. The number of hydrogen-bond acceptors (Lipinski definition) is 2. The van der Waals surface area contributed by atoms with Crippen molar-refractivity contribution < 1.29 is 18.0 Å². The molecule has 1 aromatic rings. The standard InChI is InChI=1S/C15H17ClF3NO/c1-2-14(20-21-11-5-3-4-6-11)12-9-10(16)7-8-13(12)15(17,18)19/h7-9,11H,2-6H2,1H3/b20-14+. The van der Waals surface area contributed by atoms with E-state index in [1.54, 1.807) is 6.92 Å². The third-order valence-electron chi connectivity index (χ3n) is 3.55. The summed E-state index contributed by atoms with van der Waals surface area (Å²) in [6.07, 6.45) is -0.122. The predicted octanol–water partition coefficient (Wildman–Crippen LogP) is 5.43. The molecule has 0 aromatic heterocycles. The van der Waals surface area contributed by atoms with Crippen LogP contribution in [0.3, 0.4) is 0 Å². The van der Waals surface area contributed by atoms with Gasteiger partial charge in [-0.1, -0.05) is 23.7 Å². The second kappa shape index (κ2) is 6.69. The highest BCUT2D eigenvalue weighted by Crippen LogP contribution is 2.34. The number of nitrogens with zero attached hydrogens (tertiary/aromatic N) is 1. The summed E-state index contributed by atoms with van der Waals surface area (Å²) < 4.78 is 39.2. The Bertz CT molecular complexity index is 522. The quantitative estimate of drug-likeness (QED) is 0.535. The molecule has 6 heteroatoms. The lowest BCUT2D eigenvalue weighted by atomic mass is 10.0. The van der Waals surface area contributed by atoms with Crippen molar-refractivity contribution in [2.24, 2.45) is 5.16 Å². The summed E-state index contributed by atoms with van der Waals surface area (Å²) in [5.41, 5.74) is -0.463. The van der Waals surface area contributed by atoms with Gasteiger partial charge in [-0.15, -0.1) is 0 Å². The van der Waals surface area contributed by atoms with Crippen LogP contribution in [0.4, 0.5) is 13.2 Å². The molecule has 0 bridgehead atoms. The van der Waals surface area contributed by atoms with E-state index in [2.05, 4.69) is 5.16 Å². The van der Waals surface area contributed by atoms with Crippen molar-refractivity contribution >= 4 is 17.3 Å². The first-order valence-corrected chi connectivity index (χ1v) is 7.39. The molecule has 0 radical (unpaired) electrons. The second-order valence-electron chi connectivity index (χ2n) is 5.09. The predicted molar refractivity (Wildman–Crippen MR) is 76.6 cm³/mol. The van der Waals surface area contributed by atoms with Crippen LogP contribution >= 0.6 is 11.6 Å². The van der Waals surface area contributed by atoms with Gasteiger partial charge in [0.1, 0.15) is 6.10 Å². The van der Waals surface area contributed by atoms with Crippen molar-refractivity contribution in [3.8, 4) is 0 Å². The zero-order chi connectivity index (χ0) is 15.5. The van der Waals surface area contributed by atoms with E-state index in [1.165, 1.54) is 12.1 Å². The van der Waals surface area contributed by atoms with E-state index < -0.39 is 11.7 Å². The van der Waals surface area contributed by atoms with Gasteiger partial charge in [-0.25, -0.2) is 0 Å². The number of oxime groups is 1. The van der Waals surface area contributed by atoms with Crippen LogP contribution in [0, 0.1) is 0 Å². The summed E-state index contributed by atoms with van der Waals surface area (Å²) in [4.78, 5) is 5.40. The van der Waals surface area contributed by atoms with Gasteiger partial charge in [-0.2, -0.15) is 13.2 Å². The molecule has 2 nitrogen and oxygen atoms in total. The van der Waals surface area contributed by atoms with Gasteiger partial charge in [0.15, 0.2) is 0 Å². The number of benzene rings is 1. The van der Waals surface area contributed by atoms with Crippen molar-refractivity contribution in [3.05, 3.63) is 34.3 Å². The highest BCUT2D eigenvalue weighted by molar-refractivity contribution is 6.31. The Morgan fingerprint density at radius 1 is 1.33 bits per heavy atom. The minimum Gasteiger partial charge on any atom is -0.392 e. The molecule has 0 N–H and O–H groups in total. The molecule has 0 unspecified atom stereocenters. The van der Waals surface area contributed by atoms with Gasteiger partial charge >= 0.3 is 6.18 Å². The molecular formula is C15H17ClF3NO. The maximum absolute atomic E-state index is 13.1. The molecule has 1 aliphatic rings. The Morgan fingerprint density at radius 3 is 2.57 bits per heavy atom. The second-order valence-corrected chi connectivity index (χ2v) is 5.53. The van der Waals surface area contributed by atoms with Gasteiger partial charge in [0.05, 0.1) is 11.3 Å². The average Bonchev–Trinajstić information content (AvgIpc) is 2.91. The van der Waals surface area contributed by atoms with Gasteiger partial charge in [0, 0.05) is 10.6 Å². The fourth-order valence-electron chi connectivity index (χ4n) is 2.44. The van der Waals surface area contributed by atoms with Gasteiger partial charge in [-0.05, 0) is 50.3 Å². The van der Waals surface area contributed by atoms with E-state index in [1.807, 2.05) is 0 Å². The molecule has 0 amide bonds. The van der Waals surface area contributed by atoms with Crippen LogP contribution in [-0.2, 0) is 11.0 Å². The largest absolute Gasteiger partial charge is 0.417 e. The molecule has 21 heavy (non-hydrogen) atoms. The van der Waals surface area contributed by atoms with Crippen LogP contribution in [0.1, 0.15) is 50.2 Å². The minimum atomic E-state index is -4.44. The van der Waals surface area contributed by atoms with Crippen molar-refractivity contribution in [1.29, 1.82) is 0 Å². The lowest BCUT2D eigenvalue weighted by molar-refractivity contribution is -0.137. The first-order valence-electron chi connectivity index (χ1n) is 7.01. The first-order chi connectivity index (χ1) is 9.91. The highest BCUT2D eigenvalue weighted by Gasteiger charge is 2.34. The lowest BCUT2D eigenvalue weighted by Gasteiger charge is -2.15. The Labute approximate surface area is 126 Å². The summed E-state index contributed by atoms with van der Waals surface area (Å²) in [5, 5.41) is 4.22. The maximum atomic E-state index is 13.1. The normalized spacial score (nSPS) is 17.3. The maximum Gasteiger partial charge on any atom is 0.417 e. The smallest absolute Gasteiger partial charge is 0.392 e.